The number of aliphatic hydroxyl groups is 2. The van der Waals surface area contributed by atoms with Crippen LogP contribution in [0.25, 0.3) is 44.6 Å². The first-order valence-corrected chi connectivity index (χ1v) is 23.4. The SMILES string of the molecule is CCc1c2c(nc3ccc(OC(=O)CCCCCCC(=O)Oc4ccc5nc6c(c(CC)c5c4)Cn4c-6cc5c(c4=O)COC(=O)[C@]5(O)CC)cc13)-c1cc3c(c(=O)n1C2)COC(=O)[C@]3(O)CC. The molecule has 0 amide bonds. The van der Waals surface area contributed by atoms with E-state index in [1.165, 1.54) is 0 Å². The number of pyridine rings is 4. The van der Waals surface area contributed by atoms with E-state index in [0.29, 0.717) is 83.8 Å². The summed E-state index contributed by atoms with van der Waals surface area (Å²) in [4.78, 5) is 88.3. The van der Waals surface area contributed by atoms with Crippen LogP contribution in [0.5, 0.6) is 11.5 Å². The van der Waals surface area contributed by atoms with E-state index in [2.05, 4.69) is 0 Å². The Labute approximate surface area is 389 Å². The predicted octanol–water partition coefficient (Wildman–Crippen LogP) is 6.45. The highest BCUT2D eigenvalue weighted by Crippen LogP contribution is 2.43. The van der Waals surface area contributed by atoms with E-state index in [-0.39, 0.29) is 97.3 Å². The van der Waals surface area contributed by atoms with Gasteiger partial charge in [0.05, 0.1) is 58.0 Å². The number of hydrogen-bond donors (Lipinski definition) is 2. The summed E-state index contributed by atoms with van der Waals surface area (Å²) in [7, 11) is 0. The largest absolute Gasteiger partial charge is 0.458 e. The minimum Gasteiger partial charge on any atom is -0.458 e. The van der Waals surface area contributed by atoms with Crippen molar-refractivity contribution in [2.45, 2.75) is 129 Å². The molecule has 8 heterocycles. The summed E-state index contributed by atoms with van der Waals surface area (Å²) in [5.41, 5.74) is 3.79. The highest BCUT2D eigenvalue weighted by atomic mass is 16.6. The topological polar surface area (TPSA) is 215 Å². The van der Waals surface area contributed by atoms with Gasteiger partial charge < -0.3 is 38.3 Å². The number of nitrogens with zero attached hydrogens (tertiary/aromatic N) is 4. The summed E-state index contributed by atoms with van der Waals surface area (Å²) in [5, 5.41) is 24.1. The number of fused-ring (bicyclic) bond motifs is 10. The zero-order valence-corrected chi connectivity index (χ0v) is 38.3. The minimum absolute atomic E-state index is 0.0540. The summed E-state index contributed by atoms with van der Waals surface area (Å²) in [6.45, 7) is 7.48. The molecule has 68 heavy (non-hydrogen) atoms. The van der Waals surface area contributed by atoms with Crippen molar-refractivity contribution in [3.63, 3.8) is 0 Å². The lowest BCUT2D eigenvalue weighted by molar-refractivity contribution is -0.172. The quantitative estimate of drug-likeness (QED) is 0.0723. The number of carbonyl (C=O) groups is 4. The van der Waals surface area contributed by atoms with Gasteiger partial charge in [-0.05, 0) is 98.2 Å². The van der Waals surface area contributed by atoms with Gasteiger partial charge in [0.1, 0.15) is 24.7 Å². The lowest BCUT2D eigenvalue weighted by Crippen LogP contribution is -2.44. The maximum absolute atomic E-state index is 13.7. The number of cyclic esters (lactones) is 2. The molecule has 2 atom stereocenters. The molecule has 16 heteroatoms. The lowest BCUT2D eigenvalue weighted by Gasteiger charge is -2.31. The Bertz CT molecular complexity index is 3100. The molecular formula is C52H50N4O12. The molecule has 4 aromatic heterocycles. The van der Waals surface area contributed by atoms with Gasteiger partial charge in [-0.2, -0.15) is 0 Å². The van der Waals surface area contributed by atoms with E-state index in [4.69, 9.17) is 28.9 Å². The van der Waals surface area contributed by atoms with Gasteiger partial charge in [0.2, 0.25) is 0 Å². The molecule has 0 saturated carbocycles. The maximum Gasteiger partial charge on any atom is 0.343 e. The third-order valence-corrected chi connectivity index (χ3v) is 14.2. The van der Waals surface area contributed by atoms with Crippen molar-refractivity contribution in [2.24, 2.45) is 0 Å². The Morgan fingerprint density at radius 1 is 0.603 bits per heavy atom. The number of aryl methyl sites for hydroxylation is 2. The number of benzene rings is 2. The molecule has 0 saturated heterocycles. The third kappa shape index (κ3) is 7.02. The number of esters is 4. The smallest absolute Gasteiger partial charge is 0.343 e. The Morgan fingerprint density at radius 2 is 1.01 bits per heavy atom. The van der Waals surface area contributed by atoms with Crippen LogP contribution in [0.4, 0.5) is 0 Å². The standard InChI is InChI=1S/C52H50N4O12/c1-5-29-31-19-27(15-17-39(31)53-45-33(29)23-55-41(45)21-37-35(47(55)59)25-65-49(61)51(37,63)7-3)67-43(57)13-11-9-10-12-14-44(58)68-28-16-18-40-32(20-28)30(6-2)34-24-56-42(46(34)54-40)22-38-36(48(56)60)26-66-50(62)52(38,64)8-4/h15-22,63-64H,5-14,23-26H2,1-4H3/t51-,52-/m0/s1. The average molecular weight is 923 g/mol. The lowest BCUT2D eigenvalue weighted by atomic mass is 9.86. The van der Waals surface area contributed by atoms with E-state index in [1.54, 1.807) is 71.5 Å². The van der Waals surface area contributed by atoms with Crippen LogP contribution < -0.4 is 20.6 Å². The second kappa shape index (κ2) is 16.9. The van der Waals surface area contributed by atoms with Gasteiger partial charge in [-0.15, -0.1) is 0 Å². The number of carbonyl (C=O) groups excluding carboxylic acids is 4. The van der Waals surface area contributed by atoms with E-state index < -0.39 is 23.1 Å². The summed E-state index contributed by atoms with van der Waals surface area (Å²) >= 11 is 0. The van der Waals surface area contributed by atoms with Crippen molar-refractivity contribution >= 4 is 45.7 Å². The highest BCUT2D eigenvalue weighted by Gasteiger charge is 2.47. The van der Waals surface area contributed by atoms with Crippen molar-refractivity contribution in [3.05, 3.63) is 114 Å². The molecule has 4 aliphatic rings. The van der Waals surface area contributed by atoms with Crippen LogP contribution in [0.3, 0.4) is 0 Å². The van der Waals surface area contributed by atoms with Crippen LogP contribution in [0.1, 0.15) is 124 Å². The fourth-order valence-corrected chi connectivity index (χ4v) is 10.5. The van der Waals surface area contributed by atoms with Crippen molar-refractivity contribution < 1.29 is 48.3 Å². The number of aromatic nitrogens is 4. The summed E-state index contributed by atoms with van der Waals surface area (Å²) in [6, 6.07) is 13.9. The fraction of sp³-hybridized carbons (Fsp3) is 0.385. The molecule has 4 aliphatic heterocycles. The van der Waals surface area contributed by atoms with Gasteiger partial charge in [0.25, 0.3) is 11.1 Å². The molecule has 0 unspecified atom stereocenters. The van der Waals surface area contributed by atoms with Crippen molar-refractivity contribution in [1.82, 2.24) is 19.1 Å². The predicted molar refractivity (Wildman–Crippen MR) is 247 cm³/mol. The molecule has 0 fully saturated rings. The molecule has 16 nitrogen and oxygen atoms in total. The molecule has 10 rings (SSSR count). The Balaban J connectivity index is 0.743. The number of ether oxygens (including phenoxy) is 4. The monoisotopic (exact) mass is 922 g/mol. The van der Waals surface area contributed by atoms with Crippen LogP contribution in [-0.2, 0) is 79.0 Å². The van der Waals surface area contributed by atoms with Gasteiger partial charge in [0, 0.05) is 45.9 Å². The molecule has 0 spiro atoms. The van der Waals surface area contributed by atoms with Crippen molar-refractivity contribution in [2.75, 3.05) is 0 Å². The first-order valence-electron chi connectivity index (χ1n) is 23.4. The van der Waals surface area contributed by atoms with E-state index in [1.807, 2.05) is 13.8 Å². The molecule has 0 radical (unpaired) electrons. The van der Waals surface area contributed by atoms with Crippen LogP contribution >= 0.6 is 0 Å². The van der Waals surface area contributed by atoms with Gasteiger partial charge in [-0.3, -0.25) is 19.2 Å². The fourth-order valence-electron chi connectivity index (χ4n) is 10.5. The summed E-state index contributed by atoms with van der Waals surface area (Å²) < 4.78 is 25.2. The average Bonchev–Trinajstić information content (AvgIpc) is 3.89. The van der Waals surface area contributed by atoms with Crippen molar-refractivity contribution in [3.8, 4) is 34.3 Å². The van der Waals surface area contributed by atoms with Crippen LogP contribution in [0.2, 0.25) is 0 Å². The van der Waals surface area contributed by atoms with E-state index in [0.717, 1.165) is 33.0 Å². The summed E-state index contributed by atoms with van der Waals surface area (Å²) in [5.74, 6) is -1.55. The molecule has 0 bridgehead atoms. The zero-order valence-electron chi connectivity index (χ0n) is 38.3. The third-order valence-electron chi connectivity index (χ3n) is 14.2. The highest BCUT2D eigenvalue weighted by molar-refractivity contribution is 5.92. The zero-order chi connectivity index (χ0) is 47.8. The molecular weight excluding hydrogens is 873 g/mol. The van der Waals surface area contributed by atoms with Crippen LogP contribution in [0, 0.1) is 0 Å². The minimum atomic E-state index is -1.92. The van der Waals surface area contributed by atoms with Gasteiger partial charge in [0.15, 0.2) is 11.2 Å². The maximum atomic E-state index is 13.7. The molecule has 2 aromatic carbocycles. The normalized spacial score (nSPS) is 18.6. The first-order chi connectivity index (χ1) is 32.7. The number of unbranched alkanes of at least 4 members (excludes halogenated alkanes) is 3. The second-order valence-electron chi connectivity index (χ2n) is 18.0. The molecule has 6 aromatic rings. The molecule has 350 valence electrons. The number of hydrogen-bond acceptors (Lipinski definition) is 14. The second-order valence-corrected chi connectivity index (χ2v) is 18.0. The number of rotatable bonds is 13. The van der Waals surface area contributed by atoms with Crippen LogP contribution in [-0.4, -0.2) is 53.2 Å². The van der Waals surface area contributed by atoms with Gasteiger partial charge in [-0.1, -0.05) is 40.5 Å². The molecule has 0 aliphatic carbocycles. The van der Waals surface area contributed by atoms with E-state index >= 15 is 0 Å². The summed E-state index contributed by atoms with van der Waals surface area (Å²) in [6.07, 6.45) is 4.28. The van der Waals surface area contributed by atoms with Crippen molar-refractivity contribution in [1.29, 1.82) is 0 Å². The van der Waals surface area contributed by atoms with Gasteiger partial charge in [-0.25, -0.2) is 19.6 Å². The van der Waals surface area contributed by atoms with E-state index in [9.17, 15) is 39.0 Å². The first kappa shape index (κ1) is 44.8. The molecule has 2 N–H and O–H groups in total. The Hall–Kier alpha value is -7.04. The Kier molecular flexibility index (Phi) is 11.1. The Morgan fingerprint density at radius 3 is 1.40 bits per heavy atom. The van der Waals surface area contributed by atoms with Gasteiger partial charge >= 0.3 is 23.9 Å². The van der Waals surface area contributed by atoms with Crippen LogP contribution in [0.15, 0.2) is 58.1 Å².